The molecule has 4 nitrogen and oxygen atoms in total. The number of thiocarbonyl (C=S) groups is 1. The summed E-state index contributed by atoms with van der Waals surface area (Å²) in [5.41, 5.74) is 0.481. The fourth-order valence-electron chi connectivity index (χ4n) is 1.39. The van der Waals surface area contributed by atoms with Crippen molar-refractivity contribution in [2.45, 2.75) is 23.8 Å². The fourth-order valence-corrected chi connectivity index (χ4v) is 2.28. The summed E-state index contributed by atoms with van der Waals surface area (Å²) in [7, 11) is 0. The highest BCUT2D eigenvalue weighted by Crippen LogP contribution is 2.30. The van der Waals surface area contributed by atoms with Gasteiger partial charge in [-0.2, -0.15) is 0 Å². The van der Waals surface area contributed by atoms with Crippen LogP contribution in [0.4, 0.5) is 5.69 Å². The molecule has 0 fully saturated rings. The third kappa shape index (κ3) is 7.08. The Hall–Kier alpha value is -0.170. The fraction of sp³-hybridized carbons (Fsp3) is 0.385. The Morgan fingerprint density at radius 3 is 2.30 bits per heavy atom. The molecule has 1 atom stereocenters. The SMILES string of the molecule is CC(C)C(=O)N[C@H](NC(=S)Nc1cc(Cl)ccc1Cl)C(Cl)(Cl)Cl. The van der Waals surface area contributed by atoms with Gasteiger partial charge in [0, 0.05) is 10.9 Å². The van der Waals surface area contributed by atoms with Gasteiger partial charge in [-0.1, -0.05) is 71.9 Å². The number of alkyl halides is 3. The van der Waals surface area contributed by atoms with Crippen LogP contribution in [0.25, 0.3) is 0 Å². The Balaban J connectivity index is 2.81. The number of carbonyl (C=O) groups is 1. The molecule has 0 unspecified atom stereocenters. The molecule has 23 heavy (non-hydrogen) atoms. The lowest BCUT2D eigenvalue weighted by Crippen LogP contribution is -2.56. The maximum Gasteiger partial charge on any atom is 0.228 e. The number of anilines is 1. The number of amides is 1. The number of halogens is 5. The van der Waals surface area contributed by atoms with E-state index in [4.69, 9.17) is 70.2 Å². The summed E-state index contributed by atoms with van der Waals surface area (Å²) in [5.74, 6) is -0.576. The van der Waals surface area contributed by atoms with Crippen molar-refractivity contribution in [3.63, 3.8) is 0 Å². The number of hydrogen-bond acceptors (Lipinski definition) is 2. The van der Waals surface area contributed by atoms with Crippen LogP contribution in [0, 0.1) is 5.92 Å². The van der Waals surface area contributed by atoms with Crippen LogP contribution in [-0.4, -0.2) is 21.0 Å². The summed E-state index contributed by atoms with van der Waals surface area (Å²) in [6.07, 6.45) is -1.03. The van der Waals surface area contributed by atoms with Crippen LogP contribution < -0.4 is 16.0 Å². The first-order valence-corrected chi connectivity index (χ1v) is 8.70. The van der Waals surface area contributed by atoms with Crippen LogP contribution >= 0.6 is 70.2 Å². The highest BCUT2D eigenvalue weighted by Gasteiger charge is 2.35. The summed E-state index contributed by atoms with van der Waals surface area (Å²) >= 11 is 34.7. The van der Waals surface area contributed by atoms with Crippen molar-refractivity contribution >= 4 is 86.9 Å². The Bertz CT molecular complexity index is 591. The Morgan fingerprint density at radius 1 is 1.17 bits per heavy atom. The van der Waals surface area contributed by atoms with Gasteiger partial charge >= 0.3 is 0 Å². The van der Waals surface area contributed by atoms with Gasteiger partial charge in [-0.15, -0.1) is 0 Å². The van der Waals surface area contributed by atoms with E-state index in [9.17, 15) is 4.79 Å². The van der Waals surface area contributed by atoms with Gasteiger partial charge in [-0.25, -0.2) is 0 Å². The van der Waals surface area contributed by atoms with Crippen molar-refractivity contribution in [3.05, 3.63) is 28.2 Å². The summed E-state index contributed by atoms with van der Waals surface area (Å²) in [6, 6.07) is 4.84. The van der Waals surface area contributed by atoms with Crippen LogP contribution in [0.1, 0.15) is 13.8 Å². The number of carbonyl (C=O) groups excluding carboxylic acids is 1. The molecule has 3 N–H and O–H groups in total. The first-order valence-electron chi connectivity index (χ1n) is 6.40. The molecule has 10 heteroatoms. The van der Waals surface area contributed by atoms with Crippen molar-refractivity contribution in [1.29, 1.82) is 0 Å². The third-order valence-corrected chi connectivity index (χ3v) is 4.03. The van der Waals surface area contributed by atoms with Gasteiger partial charge in [0.05, 0.1) is 10.7 Å². The lowest BCUT2D eigenvalue weighted by Gasteiger charge is -2.28. The summed E-state index contributed by atoms with van der Waals surface area (Å²) in [6.45, 7) is 3.43. The van der Waals surface area contributed by atoms with Crippen LogP contribution in [0.15, 0.2) is 18.2 Å². The number of nitrogens with one attached hydrogen (secondary N) is 3. The third-order valence-electron chi connectivity index (χ3n) is 2.59. The minimum absolute atomic E-state index is 0.106. The highest BCUT2D eigenvalue weighted by atomic mass is 35.6. The van der Waals surface area contributed by atoms with Crippen molar-refractivity contribution in [2.75, 3.05) is 5.32 Å². The van der Waals surface area contributed by atoms with E-state index < -0.39 is 9.96 Å². The van der Waals surface area contributed by atoms with Crippen LogP contribution in [0.5, 0.6) is 0 Å². The average Bonchev–Trinajstić information content (AvgIpc) is 2.40. The molecular weight excluding hydrogens is 423 g/mol. The van der Waals surface area contributed by atoms with Crippen LogP contribution in [0.3, 0.4) is 0 Å². The van der Waals surface area contributed by atoms with Gasteiger partial charge in [0.15, 0.2) is 5.11 Å². The second-order valence-corrected chi connectivity index (χ2v) is 8.48. The summed E-state index contributed by atoms with van der Waals surface area (Å²) < 4.78 is -1.81. The van der Waals surface area contributed by atoms with Gasteiger partial charge < -0.3 is 16.0 Å². The summed E-state index contributed by atoms with van der Waals surface area (Å²) in [5, 5.41) is 9.12. The smallest absolute Gasteiger partial charge is 0.228 e. The Kier molecular flexibility index (Phi) is 7.98. The lowest BCUT2D eigenvalue weighted by molar-refractivity contribution is -0.124. The van der Waals surface area contributed by atoms with Crippen molar-refractivity contribution < 1.29 is 4.79 Å². The predicted molar refractivity (Wildman–Crippen MR) is 103 cm³/mol. The van der Waals surface area contributed by atoms with E-state index in [2.05, 4.69) is 16.0 Å². The molecule has 0 bridgehead atoms. The first-order chi connectivity index (χ1) is 10.5. The zero-order valence-electron chi connectivity index (χ0n) is 12.1. The van der Waals surface area contributed by atoms with E-state index in [1.165, 1.54) is 0 Å². The molecule has 1 amide bonds. The molecule has 0 saturated carbocycles. The number of rotatable bonds is 4. The van der Waals surface area contributed by atoms with E-state index in [1.807, 2.05) is 0 Å². The molecule has 1 aromatic carbocycles. The van der Waals surface area contributed by atoms with Gasteiger partial charge in [0.25, 0.3) is 0 Å². The van der Waals surface area contributed by atoms with Gasteiger partial charge in [0.2, 0.25) is 9.70 Å². The standard InChI is InChI=1S/C13H14Cl5N3OS/c1-6(2)10(22)20-11(13(16,17)18)21-12(23)19-9-5-7(14)3-4-8(9)15/h3-6,11H,1-2H3,(H,20,22)(H2,19,21,23)/t11-/m1/s1. The molecule has 0 aliphatic rings. The quantitative estimate of drug-likeness (QED) is 0.362. The van der Waals surface area contributed by atoms with Crippen LogP contribution in [-0.2, 0) is 4.79 Å². The van der Waals surface area contributed by atoms with E-state index in [0.717, 1.165) is 0 Å². The molecule has 128 valence electrons. The Labute approximate surface area is 165 Å². The zero-order chi connectivity index (χ0) is 17.8. The van der Waals surface area contributed by atoms with E-state index in [-0.39, 0.29) is 16.9 Å². The molecule has 0 radical (unpaired) electrons. The number of hydrogen-bond donors (Lipinski definition) is 3. The number of benzene rings is 1. The van der Waals surface area contributed by atoms with Crippen LogP contribution in [0.2, 0.25) is 10.0 Å². The van der Waals surface area contributed by atoms with E-state index in [0.29, 0.717) is 15.7 Å². The second-order valence-electron chi connectivity index (χ2n) is 4.86. The monoisotopic (exact) mass is 435 g/mol. The topological polar surface area (TPSA) is 53.2 Å². The molecule has 0 spiro atoms. The largest absolute Gasteiger partial charge is 0.339 e. The Morgan fingerprint density at radius 2 is 1.78 bits per heavy atom. The van der Waals surface area contributed by atoms with E-state index >= 15 is 0 Å². The molecule has 0 saturated heterocycles. The molecule has 0 heterocycles. The molecule has 0 aromatic heterocycles. The molecule has 0 aliphatic heterocycles. The molecule has 0 aliphatic carbocycles. The van der Waals surface area contributed by atoms with Gasteiger partial charge in [0.1, 0.15) is 6.17 Å². The van der Waals surface area contributed by atoms with E-state index in [1.54, 1.807) is 32.0 Å². The second kappa shape index (κ2) is 8.79. The lowest BCUT2D eigenvalue weighted by atomic mass is 10.2. The molecule has 1 aromatic rings. The zero-order valence-corrected chi connectivity index (χ0v) is 16.7. The average molecular weight is 438 g/mol. The minimum atomic E-state index is -1.81. The van der Waals surface area contributed by atoms with Crippen molar-refractivity contribution in [3.8, 4) is 0 Å². The minimum Gasteiger partial charge on any atom is -0.339 e. The van der Waals surface area contributed by atoms with Gasteiger partial charge in [-0.3, -0.25) is 4.79 Å². The van der Waals surface area contributed by atoms with Crippen molar-refractivity contribution in [2.24, 2.45) is 5.92 Å². The first kappa shape index (κ1) is 20.9. The molecule has 1 rings (SSSR count). The summed E-state index contributed by atoms with van der Waals surface area (Å²) in [4.78, 5) is 11.8. The maximum atomic E-state index is 11.8. The van der Waals surface area contributed by atoms with Gasteiger partial charge in [-0.05, 0) is 30.4 Å². The predicted octanol–water partition coefficient (Wildman–Crippen LogP) is 4.75. The maximum absolute atomic E-state index is 11.8. The normalized spacial score (nSPS) is 12.7. The molecular formula is C13H14Cl5N3OS. The van der Waals surface area contributed by atoms with Crippen molar-refractivity contribution in [1.82, 2.24) is 10.6 Å². The highest BCUT2D eigenvalue weighted by molar-refractivity contribution is 7.80.